The minimum absolute atomic E-state index is 0.0382. The van der Waals surface area contributed by atoms with Gasteiger partial charge in [-0.05, 0) is 19.8 Å². The van der Waals surface area contributed by atoms with E-state index in [4.69, 9.17) is 0 Å². The Morgan fingerprint density at radius 1 is 1.39 bits per heavy atom. The molecule has 0 spiro atoms. The number of likely N-dealkylation sites (N-methyl/N-ethyl adjacent to an activating group) is 1. The smallest absolute Gasteiger partial charge is 0.245 e. The van der Waals surface area contributed by atoms with Crippen molar-refractivity contribution in [1.29, 1.82) is 0 Å². The molecular formula is C13H24N2O3. The maximum atomic E-state index is 12.2. The molecule has 1 heterocycles. The van der Waals surface area contributed by atoms with E-state index in [0.29, 0.717) is 13.1 Å². The second-order valence-electron chi connectivity index (χ2n) is 5.41. The number of hydrogen-bond donors (Lipinski definition) is 1. The predicted octanol–water partition coefficient (Wildman–Crippen LogP) is 0.473. The number of nitrogens with zero attached hydrogens (tertiary/aromatic N) is 2. The van der Waals surface area contributed by atoms with E-state index in [1.54, 1.807) is 18.9 Å². The van der Waals surface area contributed by atoms with Crippen molar-refractivity contribution in [3.63, 3.8) is 0 Å². The Kier molecular flexibility index (Phi) is 5.14. The lowest BCUT2D eigenvalue weighted by Crippen LogP contribution is -2.48. The van der Waals surface area contributed by atoms with Crippen molar-refractivity contribution >= 4 is 11.8 Å². The van der Waals surface area contributed by atoms with Gasteiger partial charge in [0.15, 0.2) is 0 Å². The number of carbonyl (C=O) groups is 2. The molecule has 5 heteroatoms. The SMILES string of the molecule is CC(O)CN(C)C(=O)C1CCCN1C(=O)C(C)C. The molecular weight excluding hydrogens is 232 g/mol. The van der Waals surface area contributed by atoms with Crippen LogP contribution in [0.3, 0.4) is 0 Å². The number of likely N-dealkylation sites (tertiary alicyclic amines) is 1. The molecule has 0 radical (unpaired) electrons. The Morgan fingerprint density at radius 3 is 2.50 bits per heavy atom. The maximum absolute atomic E-state index is 12.2. The molecule has 0 saturated carbocycles. The average Bonchev–Trinajstić information content (AvgIpc) is 2.74. The molecule has 1 aliphatic rings. The normalized spacial score (nSPS) is 21.2. The van der Waals surface area contributed by atoms with Crippen LogP contribution in [-0.4, -0.2) is 59.0 Å². The van der Waals surface area contributed by atoms with Gasteiger partial charge in [0.25, 0.3) is 0 Å². The third-order valence-electron chi connectivity index (χ3n) is 3.23. The first-order chi connectivity index (χ1) is 8.34. The predicted molar refractivity (Wildman–Crippen MR) is 68.9 cm³/mol. The van der Waals surface area contributed by atoms with Crippen LogP contribution >= 0.6 is 0 Å². The lowest BCUT2D eigenvalue weighted by molar-refractivity contribution is -0.145. The number of carbonyl (C=O) groups excluding carboxylic acids is 2. The number of aliphatic hydroxyl groups excluding tert-OH is 1. The lowest BCUT2D eigenvalue weighted by Gasteiger charge is -2.29. The highest BCUT2D eigenvalue weighted by Gasteiger charge is 2.36. The third kappa shape index (κ3) is 3.45. The van der Waals surface area contributed by atoms with Gasteiger partial charge in [0.05, 0.1) is 6.10 Å². The molecule has 1 fully saturated rings. The molecule has 0 aliphatic carbocycles. The van der Waals surface area contributed by atoms with Crippen molar-refractivity contribution in [3.8, 4) is 0 Å². The van der Waals surface area contributed by atoms with Gasteiger partial charge in [-0.2, -0.15) is 0 Å². The molecule has 0 bridgehead atoms. The third-order valence-corrected chi connectivity index (χ3v) is 3.23. The Morgan fingerprint density at radius 2 is 2.00 bits per heavy atom. The van der Waals surface area contributed by atoms with Gasteiger partial charge < -0.3 is 14.9 Å². The van der Waals surface area contributed by atoms with Crippen LogP contribution in [0.15, 0.2) is 0 Å². The Labute approximate surface area is 109 Å². The van der Waals surface area contributed by atoms with Gasteiger partial charge in [-0.1, -0.05) is 13.8 Å². The summed E-state index contributed by atoms with van der Waals surface area (Å²) in [6, 6.07) is -0.344. The molecule has 104 valence electrons. The number of rotatable bonds is 4. The van der Waals surface area contributed by atoms with Crippen LogP contribution in [0.1, 0.15) is 33.6 Å². The van der Waals surface area contributed by atoms with Crippen molar-refractivity contribution in [2.24, 2.45) is 5.92 Å². The first-order valence-electron chi connectivity index (χ1n) is 6.58. The van der Waals surface area contributed by atoms with Crippen LogP contribution in [0.5, 0.6) is 0 Å². The quantitative estimate of drug-likeness (QED) is 0.795. The minimum Gasteiger partial charge on any atom is -0.392 e. The van der Waals surface area contributed by atoms with Crippen LogP contribution in [0.4, 0.5) is 0 Å². The molecule has 0 aromatic carbocycles. The first kappa shape index (κ1) is 15.0. The molecule has 2 atom stereocenters. The van der Waals surface area contributed by atoms with E-state index >= 15 is 0 Å². The van der Waals surface area contributed by atoms with Crippen molar-refractivity contribution in [1.82, 2.24) is 9.80 Å². The summed E-state index contributed by atoms with van der Waals surface area (Å²) in [4.78, 5) is 27.5. The molecule has 5 nitrogen and oxygen atoms in total. The van der Waals surface area contributed by atoms with Crippen LogP contribution in [0.2, 0.25) is 0 Å². The molecule has 2 amide bonds. The molecule has 1 rings (SSSR count). The minimum atomic E-state index is -0.547. The summed E-state index contributed by atoms with van der Waals surface area (Å²) in [7, 11) is 1.67. The Balaban J connectivity index is 2.69. The molecule has 1 N–H and O–H groups in total. The fourth-order valence-electron chi connectivity index (χ4n) is 2.36. The highest BCUT2D eigenvalue weighted by molar-refractivity contribution is 5.88. The van der Waals surface area contributed by atoms with E-state index in [1.807, 2.05) is 13.8 Å². The van der Waals surface area contributed by atoms with Crippen LogP contribution in [0.25, 0.3) is 0 Å². The van der Waals surface area contributed by atoms with Crippen LogP contribution in [-0.2, 0) is 9.59 Å². The maximum Gasteiger partial charge on any atom is 0.245 e. The van der Waals surface area contributed by atoms with Gasteiger partial charge in [0.2, 0.25) is 11.8 Å². The topological polar surface area (TPSA) is 60.9 Å². The summed E-state index contributed by atoms with van der Waals surface area (Å²) >= 11 is 0. The van der Waals surface area contributed by atoms with Gasteiger partial charge in [-0.15, -0.1) is 0 Å². The van der Waals surface area contributed by atoms with E-state index in [9.17, 15) is 14.7 Å². The van der Waals surface area contributed by atoms with Crippen molar-refractivity contribution in [2.45, 2.75) is 45.8 Å². The fourth-order valence-corrected chi connectivity index (χ4v) is 2.36. The molecule has 1 saturated heterocycles. The van der Waals surface area contributed by atoms with Gasteiger partial charge in [-0.25, -0.2) is 0 Å². The monoisotopic (exact) mass is 256 g/mol. The molecule has 18 heavy (non-hydrogen) atoms. The van der Waals surface area contributed by atoms with Gasteiger partial charge in [0, 0.05) is 26.1 Å². The summed E-state index contributed by atoms with van der Waals surface area (Å²) in [5.41, 5.74) is 0. The summed E-state index contributed by atoms with van der Waals surface area (Å²) in [5.74, 6) is -0.112. The lowest BCUT2D eigenvalue weighted by atomic mass is 10.1. The number of aliphatic hydroxyl groups is 1. The highest BCUT2D eigenvalue weighted by Crippen LogP contribution is 2.21. The molecule has 2 unspecified atom stereocenters. The fraction of sp³-hybridized carbons (Fsp3) is 0.846. The summed E-state index contributed by atoms with van der Waals surface area (Å²) in [5, 5.41) is 9.30. The first-order valence-corrected chi connectivity index (χ1v) is 6.58. The molecule has 0 aromatic heterocycles. The van der Waals surface area contributed by atoms with Gasteiger partial charge >= 0.3 is 0 Å². The Bertz CT molecular complexity index is 315. The van der Waals surface area contributed by atoms with E-state index in [0.717, 1.165) is 12.8 Å². The summed E-state index contributed by atoms with van der Waals surface area (Å²) < 4.78 is 0. The van der Waals surface area contributed by atoms with Gasteiger partial charge in [-0.3, -0.25) is 9.59 Å². The molecule has 1 aliphatic heterocycles. The Hall–Kier alpha value is -1.10. The van der Waals surface area contributed by atoms with E-state index in [2.05, 4.69) is 0 Å². The zero-order valence-corrected chi connectivity index (χ0v) is 11.7. The zero-order chi connectivity index (χ0) is 13.9. The van der Waals surface area contributed by atoms with Crippen molar-refractivity contribution < 1.29 is 14.7 Å². The average molecular weight is 256 g/mol. The number of hydrogen-bond acceptors (Lipinski definition) is 3. The van der Waals surface area contributed by atoms with E-state index in [-0.39, 0.29) is 23.8 Å². The van der Waals surface area contributed by atoms with Crippen LogP contribution < -0.4 is 0 Å². The van der Waals surface area contributed by atoms with Crippen molar-refractivity contribution in [3.05, 3.63) is 0 Å². The van der Waals surface area contributed by atoms with E-state index < -0.39 is 6.10 Å². The zero-order valence-electron chi connectivity index (χ0n) is 11.7. The second-order valence-corrected chi connectivity index (χ2v) is 5.41. The highest BCUT2D eigenvalue weighted by atomic mass is 16.3. The largest absolute Gasteiger partial charge is 0.392 e. The van der Waals surface area contributed by atoms with E-state index in [1.165, 1.54) is 4.90 Å². The second kappa shape index (κ2) is 6.18. The van der Waals surface area contributed by atoms with Gasteiger partial charge in [0.1, 0.15) is 6.04 Å². The van der Waals surface area contributed by atoms with Crippen LogP contribution in [0, 0.1) is 5.92 Å². The number of amides is 2. The standard InChI is InChI=1S/C13H24N2O3/c1-9(2)12(17)15-7-5-6-11(15)13(18)14(4)8-10(3)16/h9-11,16H,5-8H2,1-4H3. The summed E-state index contributed by atoms with van der Waals surface area (Å²) in [6.07, 6.45) is 1.05. The molecule has 0 aromatic rings. The summed E-state index contributed by atoms with van der Waals surface area (Å²) in [6.45, 7) is 6.31. The van der Waals surface area contributed by atoms with Crippen molar-refractivity contribution in [2.75, 3.05) is 20.1 Å².